The molecule has 4 heterocycles. The molecule has 0 aliphatic heterocycles. The van der Waals surface area contributed by atoms with E-state index in [1.807, 2.05) is 42.5 Å². The number of aromatic nitrogens is 4. The van der Waals surface area contributed by atoms with Crippen LogP contribution in [0.5, 0.6) is 0 Å². The van der Waals surface area contributed by atoms with Crippen LogP contribution in [0.4, 0.5) is 0 Å². The second kappa shape index (κ2) is 15.6. The largest absolute Gasteiger partial charge is 0.456 e. The molecule has 0 saturated carbocycles. The molecule has 322 valence electrons. The van der Waals surface area contributed by atoms with E-state index in [-0.39, 0.29) is 0 Å². The molecule has 4 aromatic heterocycles. The van der Waals surface area contributed by atoms with Crippen molar-refractivity contribution in [2.24, 2.45) is 0 Å². The molecule has 6 nitrogen and oxygen atoms in total. The topological polar surface area (TPSA) is 69.9 Å². The first-order chi connectivity index (χ1) is 34.2. The number of nitrogens with zero attached hydrogens (tertiary/aromatic N) is 4. The van der Waals surface area contributed by atoms with Gasteiger partial charge in [0.2, 0.25) is 0 Å². The van der Waals surface area contributed by atoms with E-state index in [9.17, 15) is 0 Å². The molecule has 0 aliphatic rings. The summed E-state index contributed by atoms with van der Waals surface area (Å²) in [5, 5.41) is 6.48. The van der Waals surface area contributed by atoms with E-state index in [4.69, 9.17) is 23.8 Å². The van der Waals surface area contributed by atoms with E-state index in [1.54, 1.807) is 0 Å². The first kappa shape index (κ1) is 38.8. The van der Waals surface area contributed by atoms with Crippen molar-refractivity contribution in [2.45, 2.75) is 0 Å². The van der Waals surface area contributed by atoms with Gasteiger partial charge in [0, 0.05) is 60.8 Å². The minimum absolute atomic E-state index is 0.538. The second-order valence-electron chi connectivity index (χ2n) is 17.5. The number of para-hydroxylation sites is 3. The minimum Gasteiger partial charge on any atom is -0.456 e. The Bertz CT molecular complexity index is 4290. The predicted octanol–water partition coefficient (Wildman–Crippen LogP) is 16.8. The Balaban J connectivity index is 0.897. The molecule has 0 bridgehead atoms. The Labute approximate surface area is 396 Å². The Morgan fingerprint density at radius 2 is 0.812 bits per heavy atom. The molecule has 69 heavy (non-hydrogen) atoms. The van der Waals surface area contributed by atoms with E-state index >= 15 is 0 Å². The highest BCUT2D eigenvalue weighted by atomic mass is 16.3. The van der Waals surface area contributed by atoms with E-state index in [1.165, 1.54) is 21.9 Å². The number of furan rings is 2. The molecule has 0 atom stereocenters. The lowest BCUT2D eigenvalue weighted by Gasteiger charge is -2.09. The third-order valence-electron chi connectivity index (χ3n) is 13.5. The van der Waals surface area contributed by atoms with E-state index in [0.29, 0.717) is 23.1 Å². The Morgan fingerprint density at radius 1 is 0.290 bits per heavy atom. The minimum atomic E-state index is 0.538. The van der Waals surface area contributed by atoms with Crippen LogP contribution < -0.4 is 0 Å². The van der Waals surface area contributed by atoms with Crippen LogP contribution >= 0.6 is 0 Å². The standard InChI is InChI=1S/C63H38N4O2/c1-4-15-39(16-5-1)41-29-31-43(32-30-41)62-64-61(42-19-8-3-9-20-42)65-63(66-62)52-26-13-25-50-49-24-12-23-48(59(49)69-60(50)52)47-22-14-28-56-58(47)51-35-34-45(38-57(51)68-56)67-54-27-11-10-21-46(54)53-37-44(33-36-55(53)67)40-17-6-2-7-18-40/h1-38H. The van der Waals surface area contributed by atoms with E-state index in [2.05, 4.69) is 193 Å². The zero-order valence-electron chi connectivity index (χ0n) is 37.0. The summed E-state index contributed by atoms with van der Waals surface area (Å²) in [5.74, 6) is 1.72. The van der Waals surface area contributed by atoms with Gasteiger partial charge in [0.25, 0.3) is 0 Å². The summed E-state index contributed by atoms with van der Waals surface area (Å²) in [4.78, 5) is 15.3. The fourth-order valence-electron chi connectivity index (χ4n) is 10.2. The van der Waals surface area contributed by atoms with Crippen LogP contribution in [0.25, 0.3) is 139 Å². The summed E-state index contributed by atoms with van der Waals surface area (Å²) in [6.45, 7) is 0. The lowest BCUT2D eigenvalue weighted by molar-refractivity contribution is 0.668. The predicted molar refractivity (Wildman–Crippen MR) is 281 cm³/mol. The monoisotopic (exact) mass is 882 g/mol. The maximum Gasteiger partial charge on any atom is 0.167 e. The lowest BCUT2D eigenvalue weighted by atomic mass is 9.97. The Hall–Kier alpha value is -9.39. The molecule has 0 aliphatic carbocycles. The van der Waals surface area contributed by atoms with Crippen molar-refractivity contribution < 1.29 is 8.83 Å². The number of hydrogen-bond acceptors (Lipinski definition) is 5. The Morgan fingerprint density at radius 3 is 1.55 bits per heavy atom. The number of rotatable bonds is 7. The van der Waals surface area contributed by atoms with Gasteiger partial charge in [0.15, 0.2) is 17.5 Å². The number of fused-ring (bicyclic) bond motifs is 9. The smallest absolute Gasteiger partial charge is 0.167 e. The molecule has 0 saturated heterocycles. The fraction of sp³-hybridized carbons (Fsp3) is 0. The lowest BCUT2D eigenvalue weighted by Crippen LogP contribution is -2.00. The quantitative estimate of drug-likeness (QED) is 0.159. The average molecular weight is 883 g/mol. The van der Waals surface area contributed by atoms with Crippen molar-refractivity contribution in [3.63, 3.8) is 0 Å². The van der Waals surface area contributed by atoms with Crippen molar-refractivity contribution >= 4 is 65.7 Å². The summed E-state index contributed by atoms with van der Waals surface area (Å²) in [6, 6.07) is 80.3. The summed E-state index contributed by atoms with van der Waals surface area (Å²) in [6.07, 6.45) is 0. The maximum absolute atomic E-state index is 7.07. The molecule has 0 spiro atoms. The van der Waals surface area contributed by atoms with Gasteiger partial charge in [0.05, 0.1) is 16.6 Å². The first-order valence-electron chi connectivity index (χ1n) is 23.2. The van der Waals surface area contributed by atoms with Gasteiger partial charge in [-0.3, -0.25) is 0 Å². The maximum atomic E-state index is 7.07. The SMILES string of the molecule is c1ccc(-c2ccc(-c3nc(-c4ccccc4)nc(-c4cccc5c4oc4c(-c6cccc7oc8cc(-n9c%10ccccc%10c%10cc(-c%11ccccc%11)ccc%109)ccc8c67)cccc45)n3)cc2)cc1. The van der Waals surface area contributed by atoms with Crippen LogP contribution in [0, 0.1) is 0 Å². The van der Waals surface area contributed by atoms with Crippen molar-refractivity contribution in [2.75, 3.05) is 0 Å². The highest BCUT2D eigenvalue weighted by molar-refractivity contribution is 6.19. The summed E-state index contributed by atoms with van der Waals surface area (Å²) in [5.41, 5.74) is 15.7. The van der Waals surface area contributed by atoms with Crippen molar-refractivity contribution in [3.05, 3.63) is 231 Å². The zero-order valence-corrected chi connectivity index (χ0v) is 37.0. The molecule has 0 unspecified atom stereocenters. The van der Waals surface area contributed by atoms with Gasteiger partial charge in [-0.25, -0.2) is 15.0 Å². The van der Waals surface area contributed by atoms with Gasteiger partial charge >= 0.3 is 0 Å². The van der Waals surface area contributed by atoms with Gasteiger partial charge in [-0.05, 0) is 70.3 Å². The third-order valence-corrected chi connectivity index (χ3v) is 13.5. The van der Waals surface area contributed by atoms with Crippen LogP contribution in [0.1, 0.15) is 0 Å². The molecule has 0 N–H and O–H groups in total. The van der Waals surface area contributed by atoms with Crippen LogP contribution in [0.3, 0.4) is 0 Å². The van der Waals surface area contributed by atoms with Crippen LogP contribution in [-0.2, 0) is 0 Å². The molecule has 0 fully saturated rings. The molecular formula is C63H38N4O2. The van der Waals surface area contributed by atoms with Gasteiger partial charge in [-0.15, -0.1) is 0 Å². The van der Waals surface area contributed by atoms with Gasteiger partial charge in [0.1, 0.15) is 22.3 Å². The van der Waals surface area contributed by atoms with Crippen LogP contribution in [0.15, 0.2) is 239 Å². The molecule has 0 radical (unpaired) electrons. The van der Waals surface area contributed by atoms with Crippen molar-refractivity contribution in [3.8, 4) is 73.2 Å². The molecular weight excluding hydrogens is 845 g/mol. The molecule has 0 amide bonds. The number of hydrogen-bond donors (Lipinski definition) is 0. The van der Waals surface area contributed by atoms with Crippen LogP contribution in [-0.4, -0.2) is 19.5 Å². The van der Waals surface area contributed by atoms with Gasteiger partial charge in [-0.1, -0.05) is 182 Å². The first-order valence-corrected chi connectivity index (χ1v) is 23.2. The molecule has 14 aromatic rings. The molecule has 14 rings (SSSR count). The third kappa shape index (κ3) is 6.38. The molecule has 10 aromatic carbocycles. The average Bonchev–Trinajstić information content (AvgIpc) is 4.11. The van der Waals surface area contributed by atoms with Crippen molar-refractivity contribution in [1.82, 2.24) is 19.5 Å². The summed E-state index contributed by atoms with van der Waals surface area (Å²) in [7, 11) is 0. The molecule has 6 heteroatoms. The highest BCUT2D eigenvalue weighted by Gasteiger charge is 2.22. The summed E-state index contributed by atoms with van der Waals surface area (Å²) < 4.78 is 16.2. The van der Waals surface area contributed by atoms with Gasteiger partial charge < -0.3 is 13.4 Å². The number of benzene rings is 10. The van der Waals surface area contributed by atoms with E-state index < -0.39 is 0 Å². The summed E-state index contributed by atoms with van der Waals surface area (Å²) >= 11 is 0. The van der Waals surface area contributed by atoms with Gasteiger partial charge in [-0.2, -0.15) is 0 Å². The van der Waals surface area contributed by atoms with Crippen molar-refractivity contribution in [1.29, 1.82) is 0 Å². The normalized spacial score (nSPS) is 11.8. The zero-order chi connectivity index (χ0) is 45.4. The second-order valence-corrected chi connectivity index (χ2v) is 17.5. The Kier molecular flexibility index (Phi) is 8.79. The van der Waals surface area contributed by atoms with Crippen LogP contribution in [0.2, 0.25) is 0 Å². The highest BCUT2D eigenvalue weighted by Crippen LogP contribution is 2.44. The fourth-order valence-corrected chi connectivity index (χ4v) is 10.2. The van der Waals surface area contributed by atoms with E-state index in [0.717, 1.165) is 94.0 Å².